The predicted molar refractivity (Wildman–Crippen MR) is 202 cm³/mol. The minimum atomic E-state index is -0.715. The lowest BCUT2D eigenvalue weighted by molar-refractivity contribution is 0.168. The summed E-state index contributed by atoms with van der Waals surface area (Å²) in [6, 6.07) is 14.1. The SMILES string of the molecule is O=c1ccc2c(C(O)CNCCCCCCCCCN3CCC(Cn4cnc([C@@H](c5ccccc5O)C5CCCCC5)n4)CC3)ccc(O)c2[nH]1. The molecule has 1 aliphatic carbocycles. The molecule has 10 heteroatoms. The van der Waals surface area contributed by atoms with Gasteiger partial charge in [0, 0.05) is 30.1 Å². The molecule has 1 unspecified atom stereocenters. The molecule has 1 saturated carbocycles. The summed E-state index contributed by atoms with van der Waals surface area (Å²) in [5, 5.41) is 40.5. The monoisotopic (exact) mass is 698 g/mol. The summed E-state index contributed by atoms with van der Waals surface area (Å²) in [5.74, 6) is 2.41. The first-order valence-electron chi connectivity index (χ1n) is 19.6. The van der Waals surface area contributed by atoms with Gasteiger partial charge in [-0.25, -0.2) is 4.98 Å². The Kier molecular flexibility index (Phi) is 13.6. The number of aromatic nitrogens is 4. The standard InChI is InChI=1S/C41H58N6O4/c48-35-16-10-9-15-34(35)39(31-13-7-6-8-14-31)41-43-29-47(45-41)28-30-21-25-46(26-22-30)24-12-5-3-1-2-4-11-23-42-27-37(50)32-17-19-36(49)40-33(32)18-20-38(51)44-40/h9-10,15-20,29-31,37,39,42,48-50H,1-8,11-14,21-28H2,(H,44,51)/t37?,39-/m1/s1. The van der Waals surface area contributed by atoms with Crippen LogP contribution in [0, 0.1) is 11.8 Å². The fourth-order valence-electron chi connectivity index (χ4n) is 8.39. The predicted octanol–water partition coefficient (Wildman–Crippen LogP) is 7.01. The quantitative estimate of drug-likeness (QED) is 0.0700. The number of aliphatic hydroxyl groups excluding tert-OH is 1. The van der Waals surface area contributed by atoms with E-state index in [1.807, 2.05) is 18.5 Å². The number of para-hydroxylation sites is 1. The van der Waals surface area contributed by atoms with Gasteiger partial charge in [0.1, 0.15) is 17.8 Å². The minimum Gasteiger partial charge on any atom is -0.508 e. The number of aromatic hydroxyl groups is 2. The van der Waals surface area contributed by atoms with Crippen LogP contribution >= 0.6 is 0 Å². The van der Waals surface area contributed by atoms with E-state index in [0.29, 0.717) is 40.6 Å². The second-order valence-electron chi connectivity index (χ2n) is 15.0. The Morgan fingerprint density at radius 3 is 2.35 bits per heavy atom. The van der Waals surface area contributed by atoms with Gasteiger partial charge >= 0.3 is 0 Å². The number of pyridine rings is 1. The molecule has 276 valence electrons. The smallest absolute Gasteiger partial charge is 0.248 e. The molecule has 6 rings (SSSR count). The molecule has 2 aromatic carbocycles. The number of hydrogen-bond acceptors (Lipinski definition) is 8. The second kappa shape index (κ2) is 18.7. The normalized spacial score (nSPS) is 17.6. The van der Waals surface area contributed by atoms with E-state index >= 15 is 0 Å². The van der Waals surface area contributed by atoms with Crippen molar-refractivity contribution in [3.8, 4) is 11.5 Å². The third-order valence-electron chi connectivity index (χ3n) is 11.3. The van der Waals surface area contributed by atoms with Crippen LogP contribution in [-0.2, 0) is 6.54 Å². The van der Waals surface area contributed by atoms with Gasteiger partial charge in [-0.3, -0.25) is 9.48 Å². The minimum absolute atomic E-state index is 0.00628. The summed E-state index contributed by atoms with van der Waals surface area (Å²) in [7, 11) is 0. The Morgan fingerprint density at radius 1 is 0.824 bits per heavy atom. The molecule has 4 aromatic rings. The van der Waals surface area contributed by atoms with Gasteiger partial charge in [0.25, 0.3) is 0 Å². The number of unbranched alkanes of at least 4 members (excludes halogenated alkanes) is 6. The number of piperidine rings is 1. The second-order valence-corrected chi connectivity index (χ2v) is 15.0. The highest BCUT2D eigenvalue weighted by molar-refractivity contribution is 5.87. The molecule has 0 bridgehead atoms. The summed E-state index contributed by atoms with van der Waals surface area (Å²) in [6.07, 6.45) is 18.4. The first kappa shape index (κ1) is 37.0. The van der Waals surface area contributed by atoms with Crippen molar-refractivity contribution in [3.05, 3.63) is 82.2 Å². The number of nitrogens with zero attached hydrogens (tertiary/aromatic N) is 4. The maximum absolute atomic E-state index is 11.6. The highest BCUT2D eigenvalue weighted by Crippen LogP contribution is 2.42. The third kappa shape index (κ3) is 10.2. The van der Waals surface area contributed by atoms with Crippen molar-refractivity contribution in [2.45, 2.75) is 108 Å². The van der Waals surface area contributed by atoms with E-state index in [-0.39, 0.29) is 17.2 Å². The number of phenols is 2. The average molecular weight is 699 g/mol. The van der Waals surface area contributed by atoms with Crippen molar-refractivity contribution in [1.29, 1.82) is 0 Å². The van der Waals surface area contributed by atoms with Crippen molar-refractivity contribution in [2.24, 2.45) is 11.8 Å². The summed E-state index contributed by atoms with van der Waals surface area (Å²) in [5.41, 5.74) is 1.75. The third-order valence-corrected chi connectivity index (χ3v) is 11.3. The molecule has 2 aliphatic rings. The zero-order valence-electron chi connectivity index (χ0n) is 30.2. The summed E-state index contributed by atoms with van der Waals surface area (Å²) < 4.78 is 2.06. The van der Waals surface area contributed by atoms with E-state index in [0.717, 1.165) is 30.9 Å². The van der Waals surface area contributed by atoms with Crippen LogP contribution in [0.25, 0.3) is 10.9 Å². The van der Waals surface area contributed by atoms with Crippen LogP contribution in [0.5, 0.6) is 11.5 Å². The number of nitrogens with one attached hydrogen (secondary N) is 2. The molecule has 51 heavy (non-hydrogen) atoms. The first-order chi connectivity index (χ1) is 25.0. The van der Waals surface area contributed by atoms with E-state index in [2.05, 4.69) is 25.9 Å². The van der Waals surface area contributed by atoms with E-state index in [1.165, 1.54) is 115 Å². The molecule has 2 aromatic heterocycles. The molecule has 3 heterocycles. The van der Waals surface area contributed by atoms with Gasteiger partial charge in [0.15, 0.2) is 5.82 Å². The largest absolute Gasteiger partial charge is 0.508 e. The van der Waals surface area contributed by atoms with E-state index in [9.17, 15) is 20.1 Å². The summed E-state index contributed by atoms with van der Waals surface area (Å²) in [4.78, 5) is 21.7. The Labute approximate surface area is 302 Å². The Morgan fingerprint density at radius 2 is 1.57 bits per heavy atom. The average Bonchev–Trinajstić information content (AvgIpc) is 3.60. The fourth-order valence-corrected chi connectivity index (χ4v) is 8.39. The van der Waals surface area contributed by atoms with Crippen LogP contribution in [0.2, 0.25) is 0 Å². The number of aromatic amines is 1. The molecular weight excluding hydrogens is 640 g/mol. The number of fused-ring (bicyclic) bond motifs is 1. The highest BCUT2D eigenvalue weighted by atomic mass is 16.3. The number of benzene rings is 2. The van der Waals surface area contributed by atoms with Gasteiger partial charge < -0.3 is 30.5 Å². The zero-order valence-corrected chi connectivity index (χ0v) is 30.2. The van der Waals surface area contributed by atoms with Crippen LogP contribution in [0.1, 0.15) is 119 Å². The molecule has 2 atom stereocenters. The number of hydrogen-bond donors (Lipinski definition) is 5. The van der Waals surface area contributed by atoms with E-state index < -0.39 is 6.10 Å². The van der Waals surface area contributed by atoms with Crippen molar-refractivity contribution in [1.82, 2.24) is 30.0 Å². The summed E-state index contributed by atoms with van der Waals surface area (Å²) >= 11 is 0. The maximum Gasteiger partial charge on any atom is 0.248 e. The van der Waals surface area contributed by atoms with Crippen LogP contribution in [-0.4, -0.2) is 72.7 Å². The zero-order chi connectivity index (χ0) is 35.4. The lowest BCUT2D eigenvalue weighted by Crippen LogP contribution is -2.35. The van der Waals surface area contributed by atoms with Gasteiger partial charge in [-0.2, -0.15) is 5.10 Å². The van der Waals surface area contributed by atoms with Crippen LogP contribution in [0.4, 0.5) is 0 Å². The van der Waals surface area contributed by atoms with Crippen molar-refractivity contribution >= 4 is 10.9 Å². The lowest BCUT2D eigenvalue weighted by atomic mass is 9.76. The number of H-pyrrole nitrogens is 1. The number of rotatable bonds is 18. The Balaban J connectivity index is 0.813. The molecule has 0 radical (unpaired) electrons. The van der Waals surface area contributed by atoms with Crippen molar-refractivity contribution in [3.63, 3.8) is 0 Å². The number of phenolic OH excluding ortho intramolecular Hbond substituents is 2. The van der Waals surface area contributed by atoms with Crippen LogP contribution < -0.4 is 10.9 Å². The topological polar surface area (TPSA) is 140 Å². The van der Waals surface area contributed by atoms with Gasteiger partial charge in [0.05, 0.1) is 17.5 Å². The van der Waals surface area contributed by atoms with Gasteiger partial charge in [0.2, 0.25) is 5.56 Å². The number of aliphatic hydroxyl groups is 1. The van der Waals surface area contributed by atoms with Gasteiger partial charge in [-0.15, -0.1) is 0 Å². The van der Waals surface area contributed by atoms with Gasteiger partial charge in [-0.05, 0) is 100 Å². The molecule has 0 amide bonds. The first-order valence-corrected chi connectivity index (χ1v) is 19.6. The van der Waals surface area contributed by atoms with E-state index in [1.54, 1.807) is 18.2 Å². The molecule has 1 saturated heterocycles. The van der Waals surface area contributed by atoms with Crippen molar-refractivity contribution in [2.75, 3.05) is 32.7 Å². The van der Waals surface area contributed by atoms with Crippen LogP contribution in [0.15, 0.2) is 59.7 Å². The lowest BCUT2D eigenvalue weighted by Gasteiger charge is -2.32. The molecule has 2 fully saturated rings. The van der Waals surface area contributed by atoms with Gasteiger partial charge in [-0.1, -0.05) is 75.6 Å². The molecule has 1 aliphatic heterocycles. The summed E-state index contributed by atoms with van der Waals surface area (Å²) in [6.45, 7) is 5.74. The fraction of sp³-hybridized carbons (Fsp3) is 0.585. The van der Waals surface area contributed by atoms with E-state index in [4.69, 9.17) is 10.1 Å². The molecular formula is C41H58N6O4. The number of likely N-dealkylation sites (tertiary alicyclic amines) is 1. The molecule has 5 N–H and O–H groups in total. The molecule has 10 nitrogen and oxygen atoms in total. The molecule has 0 spiro atoms. The van der Waals surface area contributed by atoms with Crippen molar-refractivity contribution < 1.29 is 15.3 Å². The Bertz CT molecular complexity index is 1710. The Hall–Kier alpha value is -3.73. The highest BCUT2D eigenvalue weighted by Gasteiger charge is 2.31. The van der Waals surface area contributed by atoms with Crippen LogP contribution in [0.3, 0.4) is 0 Å². The maximum atomic E-state index is 11.6.